The molecule has 3 nitrogen and oxygen atoms in total. The molecule has 0 heterocycles. The summed E-state index contributed by atoms with van der Waals surface area (Å²) in [7, 11) is 0. The highest BCUT2D eigenvalue weighted by Crippen LogP contribution is 2.11. The van der Waals surface area contributed by atoms with Crippen LogP contribution in [0.15, 0.2) is 48.5 Å². The Kier molecular flexibility index (Phi) is 3.94. The van der Waals surface area contributed by atoms with E-state index in [0.717, 1.165) is 16.8 Å². The zero-order chi connectivity index (χ0) is 13.7. The van der Waals surface area contributed by atoms with Gasteiger partial charge >= 0.3 is 0 Å². The molecule has 0 radical (unpaired) electrons. The fourth-order valence-corrected chi connectivity index (χ4v) is 1.81. The van der Waals surface area contributed by atoms with E-state index in [4.69, 9.17) is 5.26 Å². The molecule has 2 aromatic rings. The Morgan fingerprint density at radius 1 is 1.21 bits per heavy atom. The van der Waals surface area contributed by atoms with Crippen LogP contribution in [0.2, 0.25) is 0 Å². The standard InChI is InChI=1S/C16H14N2O/c1-12-3-2-4-15(9-12)18-16(19)10-13-5-7-14(11-17)8-6-13/h2-9H,10H2,1H3,(H,18,19). The van der Waals surface area contributed by atoms with Crippen molar-refractivity contribution < 1.29 is 4.79 Å². The number of amides is 1. The lowest BCUT2D eigenvalue weighted by atomic mass is 10.1. The minimum Gasteiger partial charge on any atom is -0.326 e. The molecule has 0 fully saturated rings. The van der Waals surface area contributed by atoms with Crippen LogP contribution >= 0.6 is 0 Å². The molecule has 0 bridgehead atoms. The van der Waals surface area contributed by atoms with E-state index in [0.29, 0.717) is 12.0 Å². The molecule has 19 heavy (non-hydrogen) atoms. The van der Waals surface area contributed by atoms with Crippen molar-refractivity contribution in [2.45, 2.75) is 13.3 Å². The number of rotatable bonds is 3. The fourth-order valence-electron chi connectivity index (χ4n) is 1.81. The molecule has 2 aromatic carbocycles. The maximum absolute atomic E-state index is 11.9. The number of hydrogen-bond donors (Lipinski definition) is 1. The Bertz CT molecular complexity index is 624. The molecule has 1 N–H and O–H groups in total. The first kappa shape index (κ1) is 12.8. The predicted octanol–water partition coefficient (Wildman–Crippen LogP) is 3.05. The van der Waals surface area contributed by atoms with Gasteiger partial charge in [-0.3, -0.25) is 4.79 Å². The maximum atomic E-state index is 11.9. The van der Waals surface area contributed by atoms with Gasteiger partial charge in [-0.25, -0.2) is 0 Å². The van der Waals surface area contributed by atoms with Gasteiger partial charge in [0.2, 0.25) is 5.91 Å². The monoisotopic (exact) mass is 250 g/mol. The molecule has 0 atom stereocenters. The molecule has 0 spiro atoms. The fraction of sp³-hybridized carbons (Fsp3) is 0.125. The number of nitrogens with zero attached hydrogens (tertiary/aromatic N) is 1. The Morgan fingerprint density at radius 2 is 1.95 bits per heavy atom. The largest absolute Gasteiger partial charge is 0.326 e. The zero-order valence-corrected chi connectivity index (χ0v) is 10.7. The minimum absolute atomic E-state index is 0.0599. The second kappa shape index (κ2) is 5.83. The lowest BCUT2D eigenvalue weighted by molar-refractivity contribution is -0.115. The molecule has 0 saturated carbocycles. The lowest BCUT2D eigenvalue weighted by Gasteiger charge is -2.06. The molecule has 0 aliphatic carbocycles. The zero-order valence-electron chi connectivity index (χ0n) is 10.7. The van der Waals surface area contributed by atoms with Crippen molar-refractivity contribution in [1.29, 1.82) is 5.26 Å². The number of carbonyl (C=O) groups excluding carboxylic acids is 1. The van der Waals surface area contributed by atoms with Gasteiger partial charge in [0.1, 0.15) is 0 Å². The molecule has 2 rings (SSSR count). The summed E-state index contributed by atoms with van der Waals surface area (Å²) in [5, 5.41) is 11.6. The van der Waals surface area contributed by atoms with Gasteiger partial charge in [0.15, 0.2) is 0 Å². The summed E-state index contributed by atoms with van der Waals surface area (Å²) in [5.41, 5.74) is 3.40. The highest BCUT2D eigenvalue weighted by Gasteiger charge is 2.04. The number of aryl methyl sites for hydroxylation is 1. The van der Waals surface area contributed by atoms with Gasteiger partial charge in [0, 0.05) is 5.69 Å². The SMILES string of the molecule is Cc1cccc(NC(=O)Cc2ccc(C#N)cc2)c1. The third-order valence-corrected chi connectivity index (χ3v) is 2.75. The number of nitrogens with one attached hydrogen (secondary N) is 1. The summed E-state index contributed by atoms with van der Waals surface area (Å²) in [5.74, 6) is -0.0599. The maximum Gasteiger partial charge on any atom is 0.228 e. The summed E-state index contributed by atoms with van der Waals surface area (Å²) in [4.78, 5) is 11.9. The number of benzene rings is 2. The summed E-state index contributed by atoms with van der Waals surface area (Å²) in [6, 6.07) is 16.8. The van der Waals surface area contributed by atoms with Gasteiger partial charge in [-0.1, -0.05) is 24.3 Å². The van der Waals surface area contributed by atoms with Crippen molar-refractivity contribution in [2.75, 3.05) is 5.32 Å². The lowest BCUT2D eigenvalue weighted by Crippen LogP contribution is -2.14. The van der Waals surface area contributed by atoms with Gasteiger partial charge < -0.3 is 5.32 Å². The predicted molar refractivity (Wildman–Crippen MR) is 74.7 cm³/mol. The summed E-state index contributed by atoms with van der Waals surface area (Å²) >= 11 is 0. The van der Waals surface area contributed by atoms with Crippen LogP contribution in [0.25, 0.3) is 0 Å². The minimum atomic E-state index is -0.0599. The molecule has 1 amide bonds. The van der Waals surface area contributed by atoms with Crippen LogP contribution in [0.3, 0.4) is 0 Å². The Hall–Kier alpha value is -2.60. The molecule has 0 saturated heterocycles. The quantitative estimate of drug-likeness (QED) is 0.910. The number of anilines is 1. The van der Waals surface area contributed by atoms with Crippen molar-refractivity contribution in [2.24, 2.45) is 0 Å². The average molecular weight is 250 g/mol. The van der Waals surface area contributed by atoms with Crippen LogP contribution in [0.4, 0.5) is 5.69 Å². The van der Waals surface area contributed by atoms with E-state index in [1.54, 1.807) is 24.3 Å². The van der Waals surface area contributed by atoms with E-state index in [1.807, 2.05) is 31.2 Å². The first-order valence-electron chi connectivity index (χ1n) is 6.03. The Labute approximate surface area is 112 Å². The van der Waals surface area contributed by atoms with E-state index in [1.165, 1.54) is 0 Å². The van der Waals surface area contributed by atoms with Crippen molar-refractivity contribution in [3.8, 4) is 6.07 Å². The van der Waals surface area contributed by atoms with E-state index in [-0.39, 0.29) is 5.91 Å². The average Bonchev–Trinajstić information content (AvgIpc) is 2.39. The van der Waals surface area contributed by atoms with E-state index in [2.05, 4.69) is 11.4 Å². The van der Waals surface area contributed by atoms with Gasteiger partial charge in [-0.05, 0) is 42.3 Å². The first-order valence-corrected chi connectivity index (χ1v) is 6.03. The Balaban J connectivity index is 1.99. The van der Waals surface area contributed by atoms with Crippen molar-refractivity contribution in [3.05, 3.63) is 65.2 Å². The second-order valence-corrected chi connectivity index (χ2v) is 4.40. The van der Waals surface area contributed by atoms with Crippen LogP contribution in [-0.2, 0) is 11.2 Å². The molecule has 0 aliphatic heterocycles. The number of nitriles is 1. The summed E-state index contributed by atoms with van der Waals surface area (Å²) < 4.78 is 0. The molecule has 0 aromatic heterocycles. The van der Waals surface area contributed by atoms with Gasteiger partial charge in [0.25, 0.3) is 0 Å². The number of carbonyl (C=O) groups is 1. The normalized spacial score (nSPS) is 9.68. The second-order valence-electron chi connectivity index (χ2n) is 4.40. The van der Waals surface area contributed by atoms with Gasteiger partial charge in [-0.15, -0.1) is 0 Å². The van der Waals surface area contributed by atoms with Crippen molar-refractivity contribution >= 4 is 11.6 Å². The first-order chi connectivity index (χ1) is 9.17. The van der Waals surface area contributed by atoms with Crippen LogP contribution in [0, 0.1) is 18.3 Å². The summed E-state index contributed by atoms with van der Waals surface area (Å²) in [6.45, 7) is 1.98. The highest BCUT2D eigenvalue weighted by atomic mass is 16.1. The van der Waals surface area contributed by atoms with Crippen LogP contribution in [-0.4, -0.2) is 5.91 Å². The molecule has 94 valence electrons. The topological polar surface area (TPSA) is 52.9 Å². The van der Waals surface area contributed by atoms with Crippen molar-refractivity contribution in [1.82, 2.24) is 0 Å². The van der Waals surface area contributed by atoms with Crippen LogP contribution in [0.5, 0.6) is 0 Å². The van der Waals surface area contributed by atoms with Gasteiger partial charge in [0.05, 0.1) is 18.1 Å². The third-order valence-electron chi connectivity index (χ3n) is 2.75. The van der Waals surface area contributed by atoms with Gasteiger partial charge in [-0.2, -0.15) is 5.26 Å². The Morgan fingerprint density at radius 3 is 2.58 bits per heavy atom. The third kappa shape index (κ3) is 3.68. The summed E-state index contributed by atoms with van der Waals surface area (Å²) in [6.07, 6.45) is 0.305. The van der Waals surface area contributed by atoms with Crippen LogP contribution < -0.4 is 5.32 Å². The van der Waals surface area contributed by atoms with Crippen LogP contribution in [0.1, 0.15) is 16.7 Å². The highest BCUT2D eigenvalue weighted by molar-refractivity contribution is 5.92. The van der Waals surface area contributed by atoms with Crippen molar-refractivity contribution in [3.63, 3.8) is 0 Å². The molecular formula is C16H14N2O. The molecule has 0 aliphatic rings. The molecule has 0 unspecified atom stereocenters. The molecular weight excluding hydrogens is 236 g/mol. The van der Waals surface area contributed by atoms with E-state index >= 15 is 0 Å². The number of hydrogen-bond acceptors (Lipinski definition) is 2. The van der Waals surface area contributed by atoms with E-state index < -0.39 is 0 Å². The van der Waals surface area contributed by atoms with E-state index in [9.17, 15) is 4.79 Å². The molecule has 3 heteroatoms. The smallest absolute Gasteiger partial charge is 0.228 e.